The Kier molecular flexibility index (Phi) is 3.58. The van der Waals surface area contributed by atoms with Crippen molar-refractivity contribution in [3.63, 3.8) is 0 Å². The van der Waals surface area contributed by atoms with Crippen LogP contribution in [0.2, 0.25) is 0 Å². The maximum Gasteiger partial charge on any atom is 0.240 e. The highest BCUT2D eigenvalue weighted by molar-refractivity contribution is 9.13. The molecule has 66 valence electrons. The van der Waals surface area contributed by atoms with Crippen molar-refractivity contribution in [3.05, 3.63) is 19.2 Å². The van der Waals surface area contributed by atoms with Gasteiger partial charge in [-0.2, -0.15) is 0 Å². The number of rotatable bonds is 2. The summed E-state index contributed by atoms with van der Waals surface area (Å²) < 4.78 is 1.79. The van der Waals surface area contributed by atoms with Gasteiger partial charge in [-0.3, -0.25) is 4.79 Å². The Bertz CT molecular complexity index is 295. The first-order chi connectivity index (χ1) is 5.52. The number of primary amides is 1. The molecule has 12 heavy (non-hydrogen) atoms. The molecule has 0 saturated heterocycles. The van der Waals surface area contributed by atoms with Crippen LogP contribution in [0.1, 0.15) is 10.3 Å². The van der Waals surface area contributed by atoms with Crippen molar-refractivity contribution in [2.45, 2.75) is 5.38 Å². The number of hydrogen-bond acceptors (Lipinski definition) is 2. The molecule has 0 aliphatic heterocycles. The van der Waals surface area contributed by atoms with Gasteiger partial charge in [-0.15, -0.1) is 22.9 Å². The average Bonchev–Trinajstić information content (AvgIpc) is 2.30. The number of amides is 1. The second-order valence-electron chi connectivity index (χ2n) is 2.04. The van der Waals surface area contributed by atoms with E-state index in [0.717, 1.165) is 13.1 Å². The lowest BCUT2D eigenvalue weighted by Gasteiger charge is -1.98. The number of halogens is 3. The van der Waals surface area contributed by atoms with Gasteiger partial charge in [0.15, 0.2) is 0 Å². The van der Waals surface area contributed by atoms with E-state index in [0.29, 0.717) is 0 Å². The molecule has 0 fully saturated rings. The van der Waals surface area contributed by atoms with Crippen LogP contribution in [0.3, 0.4) is 0 Å². The molecule has 1 aromatic heterocycles. The summed E-state index contributed by atoms with van der Waals surface area (Å²) >= 11 is 13.7. The molecule has 2 nitrogen and oxygen atoms in total. The molecule has 1 atom stereocenters. The van der Waals surface area contributed by atoms with E-state index in [2.05, 4.69) is 31.9 Å². The molecule has 1 heterocycles. The molecule has 1 aromatic rings. The van der Waals surface area contributed by atoms with E-state index >= 15 is 0 Å². The first kappa shape index (κ1) is 10.5. The van der Waals surface area contributed by atoms with E-state index in [4.69, 9.17) is 17.3 Å². The quantitative estimate of drug-likeness (QED) is 0.831. The molecule has 1 unspecified atom stereocenters. The third-order valence-corrected chi connectivity index (χ3v) is 5.06. The summed E-state index contributed by atoms with van der Waals surface area (Å²) in [5, 5.41) is -0.738. The third kappa shape index (κ3) is 2.22. The largest absolute Gasteiger partial charge is 0.368 e. The Hall–Kier alpha value is 0.420. The van der Waals surface area contributed by atoms with Crippen molar-refractivity contribution >= 4 is 60.7 Å². The average molecular weight is 333 g/mol. The molecular weight excluding hydrogens is 329 g/mol. The van der Waals surface area contributed by atoms with E-state index in [1.165, 1.54) is 11.3 Å². The highest BCUT2D eigenvalue weighted by atomic mass is 79.9. The van der Waals surface area contributed by atoms with Gasteiger partial charge in [-0.25, -0.2) is 0 Å². The van der Waals surface area contributed by atoms with E-state index in [9.17, 15) is 4.79 Å². The Balaban J connectivity index is 2.96. The number of thiophene rings is 1. The lowest BCUT2D eigenvalue weighted by Crippen LogP contribution is -2.15. The predicted molar refractivity (Wildman–Crippen MR) is 57.5 cm³/mol. The zero-order valence-electron chi connectivity index (χ0n) is 5.68. The van der Waals surface area contributed by atoms with E-state index in [1.54, 1.807) is 6.07 Å². The topological polar surface area (TPSA) is 43.1 Å². The molecule has 0 aliphatic rings. The van der Waals surface area contributed by atoms with Gasteiger partial charge in [0, 0.05) is 9.35 Å². The fourth-order valence-corrected chi connectivity index (χ4v) is 2.90. The highest BCUT2D eigenvalue weighted by Crippen LogP contribution is 2.37. The van der Waals surface area contributed by atoms with Crippen LogP contribution in [0, 0.1) is 0 Å². The summed E-state index contributed by atoms with van der Waals surface area (Å²) in [6.45, 7) is 0. The molecule has 1 rings (SSSR count). The third-order valence-electron chi connectivity index (χ3n) is 1.16. The molecular formula is C6H4Br2ClNOS. The zero-order chi connectivity index (χ0) is 9.30. The van der Waals surface area contributed by atoms with E-state index in [1.807, 2.05) is 0 Å². The first-order valence-corrected chi connectivity index (χ1v) is 5.74. The maximum atomic E-state index is 10.7. The monoisotopic (exact) mass is 331 g/mol. The summed E-state index contributed by atoms with van der Waals surface area (Å²) in [6, 6.07) is 1.77. The standard InChI is InChI=1S/C6H4Br2ClNOS/c7-2-1-3(12-5(2)8)4(9)6(10)11/h1,4H,(H2,10,11). The fourth-order valence-electron chi connectivity index (χ4n) is 0.628. The molecule has 0 saturated carbocycles. The molecule has 0 aliphatic carbocycles. The van der Waals surface area contributed by atoms with Gasteiger partial charge in [0.05, 0.1) is 3.79 Å². The van der Waals surface area contributed by atoms with Crippen LogP contribution in [0.4, 0.5) is 0 Å². The second-order valence-corrected chi connectivity index (χ2v) is 5.73. The molecule has 0 bridgehead atoms. The minimum atomic E-state index is -0.738. The zero-order valence-corrected chi connectivity index (χ0v) is 10.4. The van der Waals surface area contributed by atoms with Crippen LogP contribution in [-0.4, -0.2) is 5.91 Å². The molecule has 0 radical (unpaired) electrons. The summed E-state index contributed by atoms with van der Waals surface area (Å²) in [7, 11) is 0. The lowest BCUT2D eigenvalue weighted by atomic mass is 10.3. The van der Waals surface area contributed by atoms with Crippen LogP contribution in [0.15, 0.2) is 14.3 Å². The smallest absolute Gasteiger partial charge is 0.240 e. The van der Waals surface area contributed by atoms with Gasteiger partial charge >= 0.3 is 0 Å². The Morgan fingerprint density at radius 1 is 1.67 bits per heavy atom. The van der Waals surface area contributed by atoms with E-state index < -0.39 is 11.3 Å². The Labute approximate surface area is 95.3 Å². The fraction of sp³-hybridized carbons (Fsp3) is 0.167. The second kappa shape index (κ2) is 4.09. The summed E-state index contributed by atoms with van der Waals surface area (Å²) in [5.41, 5.74) is 5.03. The van der Waals surface area contributed by atoms with Crippen molar-refractivity contribution in [2.75, 3.05) is 0 Å². The number of nitrogens with two attached hydrogens (primary N) is 1. The van der Waals surface area contributed by atoms with Gasteiger partial charge in [0.25, 0.3) is 0 Å². The van der Waals surface area contributed by atoms with Gasteiger partial charge in [0.2, 0.25) is 5.91 Å². The molecule has 0 aromatic carbocycles. The SMILES string of the molecule is NC(=O)C(Cl)c1cc(Br)c(Br)s1. The summed E-state index contributed by atoms with van der Waals surface area (Å²) in [6.07, 6.45) is 0. The number of carbonyl (C=O) groups is 1. The number of alkyl halides is 1. The van der Waals surface area contributed by atoms with Crippen molar-refractivity contribution in [1.82, 2.24) is 0 Å². The minimum Gasteiger partial charge on any atom is -0.368 e. The van der Waals surface area contributed by atoms with Crippen molar-refractivity contribution in [1.29, 1.82) is 0 Å². The van der Waals surface area contributed by atoms with Crippen molar-refractivity contribution < 1.29 is 4.79 Å². The van der Waals surface area contributed by atoms with Crippen LogP contribution < -0.4 is 5.73 Å². The summed E-state index contributed by atoms with van der Waals surface area (Å²) in [4.78, 5) is 11.4. The van der Waals surface area contributed by atoms with Crippen molar-refractivity contribution in [2.24, 2.45) is 5.73 Å². The van der Waals surface area contributed by atoms with Crippen LogP contribution >= 0.6 is 54.8 Å². The lowest BCUT2D eigenvalue weighted by molar-refractivity contribution is -0.117. The van der Waals surface area contributed by atoms with Crippen LogP contribution in [0.5, 0.6) is 0 Å². The first-order valence-electron chi connectivity index (χ1n) is 2.90. The molecule has 6 heteroatoms. The summed E-state index contributed by atoms with van der Waals surface area (Å²) in [5.74, 6) is -0.530. The molecule has 0 spiro atoms. The molecule has 1 amide bonds. The van der Waals surface area contributed by atoms with Gasteiger partial charge < -0.3 is 5.73 Å². The highest BCUT2D eigenvalue weighted by Gasteiger charge is 2.17. The van der Waals surface area contributed by atoms with E-state index in [-0.39, 0.29) is 0 Å². The van der Waals surface area contributed by atoms with Crippen LogP contribution in [-0.2, 0) is 4.79 Å². The normalized spacial score (nSPS) is 12.9. The van der Waals surface area contributed by atoms with Crippen LogP contribution in [0.25, 0.3) is 0 Å². The predicted octanol–water partition coefficient (Wildman–Crippen LogP) is 3.04. The maximum absolute atomic E-state index is 10.7. The van der Waals surface area contributed by atoms with Gasteiger partial charge in [-0.1, -0.05) is 0 Å². The number of hydrogen-bond donors (Lipinski definition) is 1. The number of carbonyl (C=O) groups excluding carboxylic acids is 1. The van der Waals surface area contributed by atoms with Gasteiger partial charge in [0.1, 0.15) is 5.38 Å². The molecule has 2 N–H and O–H groups in total. The Morgan fingerprint density at radius 2 is 2.25 bits per heavy atom. The Morgan fingerprint density at radius 3 is 2.58 bits per heavy atom. The van der Waals surface area contributed by atoms with Crippen molar-refractivity contribution in [3.8, 4) is 0 Å². The minimum absolute atomic E-state index is 0.530. The van der Waals surface area contributed by atoms with Gasteiger partial charge in [-0.05, 0) is 37.9 Å².